The number of carbonyl (C=O) groups is 2. The summed E-state index contributed by atoms with van der Waals surface area (Å²) < 4.78 is 11.6. The summed E-state index contributed by atoms with van der Waals surface area (Å²) in [5, 5.41) is 5.72. The van der Waals surface area contributed by atoms with Crippen molar-refractivity contribution in [2.24, 2.45) is 5.73 Å². The van der Waals surface area contributed by atoms with Crippen LogP contribution in [-0.2, 0) is 11.3 Å². The summed E-state index contributed by atoms with van der Waals surface area (Å²) in [4.78, 5) is 23.3. The van der Waals surface area contributed by atoms with Gasteiger partial charge in [-0.3, -0.25) is 9.59 Å². The van der Waals surface area contributed by atoms with Crippen LogP contribution in [0.5, 0.6) is 11.5 Å². The Morgan fingerprint density at radius 3 is 2.73 bits per heavy atom. The van der Waals surface area contributed by atoms with Crippen molar-refractivity contribution in [3.05, 3.63) is 59.0 Å². The van der Waals surface area contributed by atoms with Crippen LogP contribution < -0.4 is 20.5 Å². The van der Waals surface area contributed by atoms with E-state index in [0.717, 1.165) is 15.6 Å². The molecule has 0 fully saturated rings. The van der Waals surface area contributed by atoms with Crippen LogP contribution in [0.3, 0.4) is 0 Å². The number of methoxy groups -OCH3 is 1. The van der Waals surface area contributed by atoms with Crippen molar-refractivity contribution < 1.29 is 19.1 Å². The molecule has 26 heavy (non-hydrogen) atoms. The molecule has 3 rings (SSSR count). The summed E-state index contributed by atoms with van der Waals surface area (Å²) in [5.74, 6) is 0.200. The van der Waals surface area contributed by atoms with Crippen LogP contribution in [0.1, 0.15) is 15.9 Å². The maximum Gasteiger partial charge on any atom is 0.255 e. The van der Waals surface area contributed by atoms with E-state index in [2.05, 4.69) is 5.32 Å². The third-order valence-electron chi connectivity index (χ3n) is 3.78. The second kappa shape index (κ2) is 7.88. The molecule has 0 bridgehead atoms. The molecule has 0 aliphatic carbocycles. The van der Waals surface area contributed by atoms with E-state index in [1.165, 1.54) is 7.11 Å². The molecule has 134 valence electrons. The lowest BCUT2D eigenvalue weighted by Crippen LogP contribution is -2.22. The van der Waals surface area contributed by atoms with Gasteiger partial charge in [-0.15, -0.1) is 11.3 Å². The van der Waals surface area contributed by atoms with Gasteiger partial charge in [0, 0.05) is 22.0 Å². The summed E-state index contributed by atoms with van der Waals surface area (Å²) in [6, 6.07) is 13.0. The minimum absolute atomic E-state index is 0.129. The summed E-state index contributed by atoms with van der Waals surface area (Å²) in [7, 11) is 1.51. The van der Waals surface area contributed by atoms with E-state index < -0.39 is 5.91 Å². The van der Waals surface area contributed by atoms with Gasteiger partial charge in [0.1, 0.15) is 0 Å². The molecule has 2 amide bonds. The molecule has 0 radical (unpaired) electrons. The molecule has 1 heterocycles. The molecule has 0 aliphatic rings. The summed E-state index contributed by atoms with van der Waals surface area (Å²) in [5.41, 5.74) is 6.59. The molecular formula is C19H18N2O4S. The molecule has 0 atom stereocenters. The van der Waals surface area contributed by atoms with Crippen LogP contribution in [0.4, 0.5) is 0 Å². The zero-order valence-corrected chi connectivity index (χ0v) is 15.0. The Morgan fingerprint density at radius 1 is 1.15 bits per heavy atom. The first-order valence-electron chi connectivity index (χ1n) is 7.91. The molecule has 1 aromatic heterocycles. The number of primary amides is 1. The number of nitrogens with two attached hydrogens (primary N) is 1. The van der Waals surface area contributed by atoms with Gasteiger partial charge in [-0.05, 0) is 23.8 Å². The molecular weight excluding hydrogens is 352 g/mol. The highest BCUT2D eigenvalue weighted by molar-refractivity contribution is 7.17. The van der Waals surface area contributed by atoms with E-state index in [4.69, 9.17) is 15.2 Å². The van der Waals surface area contributed by atoms with E-state index in [1.54, 1.807) is 29.5 Å². The van der Waals surface area contributed by atoms with Crippen molar-refractivity contribution in [1.82, 2.24) is 5.32 Å². The SMILES string of the molecule is COc1cc(CNC(=O)c2csc3ccccc23)ccc1OCC(N)=O. The standard InChI is InChI=1S/C19H18N2O4S/c1-24-16-8-12(6-7-15(16)25-10-18(20)22)9-21-19(23)14-11-26-17-5-3-2-4-13(14)17/h2-8,11H,9-10H2,1H3,(H2,20,22)(H,21,23). The molecule has 0 saturated heterocycles. The van der Waals surface area contributed by atoms with Gasteiger partial charge in [-0.1, -0.05) is 24.3 Å². The van der Waals surface area contributed by atoms with Gasteiger partial charge in [0.05, 0.1) is 12.7 Å². The van der Waals surface area contributed by atoms with E-state index in [9.17, 15) is 9.59 Å². The Balaban J connectivity index is 1.69. The molecule has 2 aromatic carbocycles. The molecule has 0 spiro atoms. The number of fused-ring (bicyclic) bond motifs is 1. The van der Waals surface area contributed by atoms with Gasteiger partial charge >= 0.3 is 0 Å². The van der Waals surface area contributed by atoms with Crippen molar-refractivity contribution in [3.63, 3.8) is 0 Å². The van der Waals surface area contributed by atoms with Crippen LogP contribution in [-0.4, -0.2) is 25.5 Å². The fourth-order valence-corrected chi connectivity index (χ4v) is 3.46. The Labute approximate surface area is 154 Å². The maximum atomic E-state index is 12.5. The highest BCUT2D eigenvalue weighted by Crippen LogP contribution is 2.28. The average molecular weight is 370 g/mol. The number of rotatable bonds is 7. The number of hydrogen-bond acceptors (Lipinski definition) is 5. The van der Waals surface area contributed by atoms with E-state index in [0.29, 0.717) is 23.6 Å². The molecule has 7 heteroatoms. The first kappa shape index (κ1) is 17.8. The predicted molar refractivity (Wildman–Crippen MR) is 101 cm³/mol. The van der Waals surface area contributed by atoms with Crippen LogP contribution in [0.2, 0.25) is 0 Å². The van der Waals surface area contributed by atoms with Crippen molar-refractivity contribution in [2.75, 3.05) is 13.7 Å². The molecule has 0 saturated carbocycles. The van der Waals surface area contributed by atoms with Gasteiger partial charge in [-0.25, -0.2) is 0 Å². The van der Waals surface area contributed by atoms with Crippen molar-refractivity contribution >= 4 is 33.2 Å². The highest BCUT2D eigenvalue weighted by atomic mass is 32.1. The third kappa shape index (κ3) is 3.94. The first-order valence-corrected chi connectivity index (χ1v) is 8.79. The van der Waals surface area contributed by atoms with E-state index >= 15 is 0 Å². The van der Waals surface area contributed by atoms with Gasteiger partial charge in [0.2, 0.25) is 0 Å². The summed E-state index contributed by atoms with van der Waals surface area (Å²) in [6.07, 6.45) is 0. The number of carbonyl (C=O) groups excluding carboxylic acids is 2. The second-order valence-electron chi connectivity index (χ2n) is 5.57. The lowest BCUT2D eigenvalue weighted by Gasteiger charge is -2.11. The summed E-state index contributed by atoms with van der Waals surface area (Å²) >= 11 is 1.54. The summed E-state index contributed by atoms with van der Waals surface area (Å²) in [6.45, 7) is 0.118. The second-order valence-corrected chi connectivity index (χ2v) is 6.48. The molecule has 3 N–H and O–H groups in total. The molecule has 0 aliphatic heterocycles. The normalized spacial score (nSPS) is 10.5. The smallest absolute Gasteiger partial charge is 0.255 e. The van der Waals surface area contributed by atoms with E-state index in [1.807, 2.05) is 29.6 Å². The Morgan fingerprint density at radius 2 is 1.96 bits per heavy atom. The lowest BCUT2D eigenvalue weighted by molar-refractivity contribution is -0.119. The third-order valence-corrected chi connectivity index (χ3v) is 4.74. The monoisotopic (exact) mass is 370 g/mol. The van der Waals surface area contributed by atoms with Gasteiger partial charge < -0.3 is 20.5 Å². The number of amides is 2. The van der Waals surface area contributed by atoms with Crippen molar-refractivity contribution in [3.8, 4) is 11.5 Å². The number of benzene rings is 2. The highest BCUT2D eigenvalue weighted by Gasteiger charge is 2.12. The van der Waals surface area contributed by atoms with Gasteiger partial charge in [-0.2, -0.15) is 0 Å². The first-order chi connectivity index (χ1) is 12.6. The number of hydrogen-bond donors (Lipinski definition) is 2. The predicted octanol–water partition coefficient (Wildman–Crippen LogP) is 2.70. The van der Waals surface area contributed by atoms with Crippen molar-refractivity contribution in [2.45, 2.75) is 6.54 Å². The maximum absolute atomic E-state index is 12.5. The zero-order valence-electron chi connectivity index (χ0n) is 14.2. The quantitative estimate of drug-likeness (QED) is 0.669. The van der Waals surface area contributed by atoms with Crippen LogP contribution in [0.25, 0.3) is 10.1 Å². The Bertz CT molecular complexity index is 952. The average Bonchev–Trinajstić information content (AvgIpc) is 3.08. The molecule has 3 aromatic rings. The van der Waals surface area contributed by atoms with E-state index in [-0.39, 0.29) is 12.5 Å². The molecule has 6 nitrogen and oxygen atoms in total. The number of thiophene rings is 1. The Kier molecular flexibility index (Phi) is 5.38. The number of ether oxygens (including phenoxy) is 2. The van der Waals surface area contributed by atoms with Gasteiger partial charge in [0.25, 0.3) is 11.8 Å². The van der Waals surface area contributed by atoms with Crippen LogP contribution >= 0.6 is 11.3 Å². The fourth-order valence-electron chi connectivity index (χ4n) is 2.52. The minimum Gasteiger partial charge on any atom is -0.493 e. The van der Waals surface area contributed by atoms with Gasteiger partial charge in [0.15, 0.2) is 18.1 Å². The van der Waals surface area contributed by atoms with Crippen LogP contribution in [0, 0.1) is 0 Å². The minimum atomic E-state index is -0.564. The fraction of sp³-hybridized carbons (Fsp3) is 0.158. The van der Waals surface area contributed by atoms with Crippen molar-refractivity contribution in [1.29, 1.82) is 0 Å². The largest absolute Gasteiger partial charge is 0.493 e. The molecule has 0 unspecified atom stereocenters. The Hall–Kier alpha value is -3.06. The topological polar surface area (TPSA) is 90.7 Å². The zero-order chi connectivity index (χ0) is 18.5. The number of nitrogens with one attached hydrogen (secondary N) is 1. The van der Waals surface area contributed by atoms with Crippen LogP contribution in [0.15, 0.2) is 47.8 Å². The lowest BCUT2D eigenvalue weighted by atomic mass is 10.1.